The van der Waals surface area contributed by atoms with Crippen LogP contribution in [-0.2, 0) is 0 Å². The maximum atomic E-state index is 14.8. The van der Waals surface area contributed by atoms with Crippen LogP contribution in [0.25, 0.3) is 0 Å². The highest BCUT2D eigenvalue weighted by molar-refractivity contribution is 5.86. The van der Waals surface area contributed by atoms with Crippen LogP contribution >= 0.6 is 0 Å². The smallest absolute Gasteiger partial charge is 0.149 e. The molecule has 6 aromatic rings. The van der Waals surface area contributed by atoms with E-state index < -0.39 is 11.6 Å². The van der Waals surface area contributed by atoms with Gasteiger partial charge < -0.3 is 15.1 Å². The lowest BCUT2D eigenvalue weighted by Gasteiger charge is -2.30. The van der Waals surface area contributed by atoms with Gasteiger partial charge in [0.15, 0.2) is 0 Å². The van der Waals surface area contributed by atoms with Crippen LogP contribution in [0.15, 0.2) is 158 Å². The first-order chi connectivity index (χ1) is 20.2. The first-order valence-corrected chi connectivity index (χ1v) is 13.3. The van der Waals surface area contributed by atoms with E-state index in [9.17, 15) is 8.78 Å². The van der Waals surface area contributed by atoms with Crippen LogP contribution in [0.2, 0.25) is 0 Å². The standard InChI is InChI=1S/C36H27F2N3/c37-27-21-22-36(35(38)23-27)39-28-24-33(40(29-13-5-1-6-14-29)30-15-7-2-8-16-30)26-34(25-28)41(31-17-9-3-10-18-31)32-19-11-4-12-20-32/h1-26,39H. The summed E-state index contributed by atoms with van der Waals surface area (Å²) < 4.78 is 28.5. The Morgan fingerprint density at radius 1 is 0.390 bits per heavy atom. The van der Waals surface area contributed by atoms with Crippen molar-refractivity contribution in [3.63, 3.8) is 0 Å². The Hall–Kier alpha value is -5.42. The van der Waals surface area contributed by atoms with Gasteiger partial charge in [0.05, 0.1) is 17.1 Å². The van der Waals surface area contributed by atoms with E-state index in [1.807, 2.05) is 84.9 Å². The molecule has 0 radical (unpaired) electrons. The number of nitrogens with zero attached hydrogens (tertiary/aromatic N) is 2. The van der Waals surface area contributed by atoms with E-state index in [1.165, 1.54) is 12.1 Å². The molecule has 0 aromatic heterocycles. The monoisotopic (exact) mass is 539 g/mol. The van der Waals surface area contributed by atoms with Crippen molar-refractivity contribution in [1.29, 1.82) is 0 Å². The third-order valence-electron chi connectivity index (χ3n) is 6.69. The van der Waals surface area contributed by atoms with Gasteiger partial charge in [-0.15, -0.1) is 0 Å². The molecule has 0 heterocycles. The molecule has 6 rings (SSSR count). The predicted octanol–water partition coefficient (Wildman–Crippen LogP) is 10.6. The second-order valence-corrected chi connectivity index (χ2v) is 9.50. The maximum Gasteiger partial charge on any atom is 0.149 e. The molecule has 3 nitrogen and oxygen atoms in total. The van der Waals surface area contributed by atoms with Crippen molar-refractivity contribution in [3.05, 3.63) is 169 Å². The van der Waals surface area contributed by atoms with Gasteiger partial charge in [-0.1, -0.05) is 72.8 Å². The van der Waals surface area contributed by atoms with E-state index in [0.717, 1.165) is 40.2 Å². The van der Waals surface area contributed by atoms with Gasteiger partial charge in [-0.3, -0.25) is 0 Å². The quantitative estimate of drug-likeness (QED) is 0.208. The first-order valence-electron chi connectivity index (χ1n) is 13.3. The molecule has 200 valence electrons. The lowest BCUT2D eigenvalue weighted by molar-refractivity contribution is 0.586. The SMILES string of the molecule is Fc1ccc(Nc2cc(N(c3ccccc3)c3ccccc3)cc(N(c3ccccc3)c3ccccc3)c2)c(F)c1. The maximum absolute atomic E-state index is 14.8. The predicted molar refractivity (Wildman–Crippen MR) is 165 cm³/mol. The molecule has 0 saturated heterocycles. The van der Waals surface area contributed by atoms with Crippen LogP contribution < -0.4 is 15.1 Å². The third kappa shape index (κ3) is 5.80. The summed E-state index contributed by atoms with van der Waals surface area (Å²) in [5, 5.41) is 3.20. The summed E-state index contributed by atoms with van der Waals surface area (Å²) in [5.41, 5.74) is 6.45. The Balaban J connectivity index is 1.57. The van der Waals surface area contributed by atoms with Gasteiger partial charge in [0.1, 0.15) is 11.6 Å². The molecule has 0 aliphatic heterocycles. The minimum absolute atomic E-state index is 0.187. The fourth-order valence-electron chi connectivity index (χ4n) is 4.87. The number of benzene rings is 6. The number of para-hydroxylation sites is 4. The highest BCUT2D eigenvalue weighted by Gasteiger charge is 2.19. The van der Waals surface area contributed by atoms with Crippen LogP contribution in [0.4, 0.5) is 54.3 Å². The number of nitrogens with one attached hydrogen (secondary N) is 1. The molecule has 0 fully saturated rings. The van der Waals surface area contributed by atoms with Gasteiger partial charge in [-0.2, -0.15) is 0 Å². The molecule has 0 saturated carbocycles. The second kappa shape index (κ2) is 11.8. The van der Waals surface area contributed by atoms with Crippen LogP contribution in [0, 0.1) is 11.6 Å². The molecule has 0 aliphatic rings. The number of anilines is 8. The number of hydrogen-bond donors (Lipinski definition) is 1. The Kier molecular flexibility index (Phi) is 7.41. The van der Waals surface area contributed by atoms with E-state index in [4.69, 9.17) is 0 Å². The largest absolute Gasteiger partial charge is 0.353 e. The Bertz CT molecular complexity index is 1550. The summed E-state index contributed by atoms with van der Waals surface area (Å²) in [5.74, 6) is -1.29. The van der Waals surface area contributed by atoms with Crippen molar-refractivity contribution in [3.8, 4) is 0 Å². The molecule has 1 N–H and O–H groups in total. The Morgan fingerprint density at radius 2 is 0.780 bits per heavy atom. The highest BCUT2D eigenvalue weighted by atomic mass is 19.1. The van der Waals surface area contributed by atoms with Crippen molar-refractivity contribution >= 4 is 45.5 Å². The Morgan fingerprint density at radius 3 is 1.15 bits per heavy atom. The van der Waals surface area contributed by atoms with Crippen LogP contribution in [0.3, 0.4) is 0 Å². The Labute approximate surface area is 238 Å². The summed E-state index contributed by atoms with van der Waals surface area (Å²) in [6.45, 7) is 0. The van der Waals surface area contributed by atoms with Gasteiger partial charge in [0.2, 0.25) is 0 Å². The molecule has 0 unspecified atom stereocenters. The molecule has 6 aromatic carbocycles. The summed E-state index contributed by atoms with van der Waals surface area (Å²) in [7, 11) is 0. The molecule has 0 aliphatic carbocycles. The highest BCUT2D eigenvalue weighted by Crippen LogP contribution is 2.42. The van der Waals surface area contributed by atoms with E-state index in [1.54, 1.807) is 0 Å². The molecule has 41 heavy (non-hydrogen) atoms. The van der Waals surface area contributed by atoms with Gasteiger partial charge in [0, 0.05) is 34.5 Å². The van der Waals surface area contributed by atoms with Crippen LogP contribution in [-0.4, -0.2) is 0 Å². The van der Waals surface area contributed by atoms with Crippen molar-refractivity contribution in [2.75, 3.05) is 15.1 Å². The van der Waals surface area contributed by atoms with E-state index in [0.29, 0.717) is 5.69 Å². The van der Waals surface area contributed by atoms with E-state index in [-0.39, 0.29) is 5.69 Å². The van der Waals surface area contributed by atoms with Gasteiger partial charge in [0.25, 0.3) is 0 Å². The second-order valence-electron chi connectivity index (χ2n) is 9.50. The molecule has 0 bridgehead atoms. The van der Waals surface area contributed by atoms with Crippen LogP contribution in [0.5, 0.6) is 0 Å². The van der Waals surface area contributed by atoms with Crippen LogP contribution in [0.1, 0.15) is 0 Å². The van der Waals surface area contributed by atoms with Crippen molar-refractivity contribution in [2.45, 2.75) is 0 Å². The van der Waals surface area contributed by atoms with Crippen molar-refractivity contribution < 1.29 is 8.78 Å². The fraction of sp³-hybridized carbons (Fsp3) is 0. The van der Waals surface area contributed by atoms with Gasteiger partial charge in [-0.05, 0) is 78.9 Å². The molecule has 5 heteroatoms. The summed E-state index contributed by atoms with van der Waals surface area (Å²) in [6.07, 6.45) is 0. The normalized spacial score (nSPS) is 10.7. The molecular weight excluding hydrogens is 512 g/mol. The number of hydrogen-bond acceptors (Lipinski definition) is 3. The third-order valence-corrected chi connectivity index (χ3v) is 6.69. The number of rotatable bonds is 8. The lowest BCUT2D eigenvalue weighted by atomic mass is 10.1. The zero-order valence-corrected chi connectivity index (χ0v) is 22.2. The average Bonchev–Trinajstić information content (AvgIpc) is 3.01. The molecule has 0 amide bonds. The summed E-state index contributed by atoms with van der Waals surface area (Å²) >= 11 is 0. The summed E-state index contributed by atoms with van der Waals surface area (Å²) in [6, 6.07) is 50.0. The fourth-order valence-corrected chi connectivity index (χ4v) is 4.87. The zero-order chi connectivity index (χ0) is 28.0. The van der Waals surface area contributed by atoms with E-state index >= 15 is 0 Å². The lowest BCUT2D eigenvalue weighted by Crippen LogP contribution is -2.14. The molecular formula is C36H27F2N3. The minimum Gasteiger partial charge on any atom is -0.353 e. The minimum atomic E-state index is -0.664. The van der Waals surface area contributed by atoms with E-state index in [2.05, 4.69) is 69.7 Å². The topological polar surface area (TPSA) is 18.5 Å². The van der Waals surface area contributed by atoms with Gasteiger partial charge >= 0.3 is 0 Å². The number of halogens is 2. The molecule has 0 atom stereocenters. The first kappa shape index (κ1) is 25.8. The zero-order valence-electron chi connectivity index (χ0n) is 22.2. The van der Waals surface area contributed by atoms with Crippen molar-refractivity contribution in [1.82, 2.24) is 0 Å². The summed E-state index contributed by atoms with van der Waals surface area (Å²) in [4.78, 5) is 4.31. The van der Waals surface area contributed by atoms with Crippen molar-refractivity contribution in [2.24, 2.45) is 0 Å². The molecule has 0 spiro atoms. The van der Waals surface area contributed by atoms with Gasteiger partial charge in [-0.25, -0.2) is 8.78 Å². The average molecular weight is 540 g/mol.